The Labute approximate surface area is 229 Å². The third kappa shape index (κ3) is 34.4. The molecule has 35 heavy (non-hydrogen) atoms. The van der Waals surface area contributed by atoms with Crippen LogP contribution in [0.5, 0.6) is 0 Å². The van der Waals surface area contributed by atoms with E-state index in [-0.39, 0.29) is 0 Å². The van der Waals surface area contributed by atoms with Gasteiger partial charge in [0.1, 0.15) is 0 Å². The lowest BCUT2D eigenvalue weighted by Gasteiger charge is -2.04. The number of unbranched alkanes of at least 4 members (excludes halogenated alkanes) is 28. The van der Waals surface area contributed by atoms with E-state index in [1.807, 2.05) is 0 Å². The molecule has 0 rings (SSSR count). The molecular formula is C34H70S. The van der Waals surface area contributed by atoms with E-state index < -0.39 is 0 Å². The Kier molecular flexibility index (Phi) is 34.7. The lowest BCUT2D eigenvalue weighted by molar-refractivity contribution is 0.520. The molecule has 0 N–H and O–H groups in total. The van der Waals surface area contributed by atoms with Crippen molar-refractivity contribution in [1.29, 1.82) is 0 Å². The van der Waals surface area contributed by atoms with E-state index in [0.717, 1.165) is 0 Å². The highest BCUT2D eigenvalue weighted by molar-refractivity contribution is 7.99. The van der Waals surface area contributed by atoms with Crippen molar-refractivity contribution < 1.29 is 0 Å². The molecule has 0 unspecified atom stereocenters. The molecule has 0 saturated heterocycles. The first-order chi connectivity index (χ1) is 17.4. The minimum absolute atomic E-state index is 1.37. The van der Waals surface area contributed by atoms with Crippen molar-refractivity contribution in [1.82, 2.24) is 0 Å². The minimum Gasteiger partial charge on any atom is -0.162 e. The molecule has 0 aromatic heterocycles. The number of thioether (sulfide) groups is 1. The molecular weight excluding hydrogens is 440 g/mol. The van der Waals surface area contributed by atoms with Gasteiger partial charge in [-0.3, -0.25) is 0 Å². The van der Waals surface area contributed by atoms with Crippen molar-refractivity contribution in [2.75, 3.05) is 11.5 Å². The van der Waals surface area contributed by atoms with Crippen LogP contribution in [0.4, 0.5) is 0 Å². The van der Waals surface area contributed by atoms with Gasteiger partial charge in [-0.25, -0.2) is 0 Å². The summed E-state index contributed by atoms with van der Waals surface area (Å²) in [6.07, 6.45) is 44.2. The van der Waals surface area contributed by atoms with Gasteiger partial charge in [0.2, 0.25) is 0 Å². The quantitative estimate of drug-likeness (QED) is 0.0810. The molecule has 0 bridgehead atoms. The number of hydrogen-bond acceptors (Lipinski definition) is 1. The third-order valence-electron chi connectivity index (χ3n) is 7.78. The van der Waals surface area contributed by atoms with Crippen molar-refractivity contribution in [3.05, 3.63) is 0 Å². The average Bonchev–Trinajstić information content (AvgIpc) is 2.87. The summed E-state index contributed by atoms with van der Waals surface area (Å²) in [4.78, 5) is 0. The summed E-state index contributed by atoms with van der Waals surface area (Å²) in [6, 6.07) is 0. The Morgan fingerprint density at radius 3 is 0.600 bits per heavy atom. The van der Waals surface area contributed by atoms with Gasteiger partial charge in [0.25, 0.3) is 0 Å². The summed E-state index contributed by atoms with van der Waals surface area (Å²) in [7, 11) is 0. The van der Waals surface area contributed by atoms with E-state index in [1.54, 1.807) is 0 Å². The van der Waals surface area contributed by atoms with Crippen molar-refractivity contribution >= 4 is 11.8 Å². The van der Waals surface area contributed by atoms with E-state index in [1.165, 1.54) is 204 Å². The zero-order valence-electron chi connectivity index (χ0n) is 25.0. The average molecular weight is 511 g/mol. The summed E-state index contributed by atoms with van der Waals surface area (Å²) < 4.78 is 0. The van der Waals surface area contributed by atoms with E-state index in [0.29, 0.717) is 0 Å². The molecule has 0 heterocycles. The number of hydrogen-bond donors (Lipinski definition) is 0. The van der Waals surface area contributed by atoms with E-state index in [2.05, 4.69) is 25.6 Å². The zero-order chi connectivity index (χ0) is 25.3. The maximum Gasteiger partial charge on any atom is -0.00675 e. The summed E-state index contributed by atoms with van der Waals surface area (Å²) in [5.74, 6) is 2.82. The topological polar surface area (TPSA) is 0 Å². The van der Waals surface area contributed by atoms with Crippen molar-refractivity contribution in [2.24, 2.45) is 0 Å². The van der Waals surface area contributed by atoms with Gasteiger partial charge in [0.15, 0.2) is 0 Å². The van der Waals surface area contributed by atoms with E-state index in [4.69, 9.17) is 0 Å². The van der Waals surface area contributed by atoms with Crippen LogP contribution in [0.25, 0.3) is 0 Å². The molecule has 0 aromatic rings. The fraction of sp³-hybridized carbons (Fsp3) is 1.00. The fourth-order valence-electron chi connectivity index (χ4n) is 5.25. The molecule has 0 spiro atoms. The van der Waals surface area contributed by atoms with Gasteiger partial charge < -0.3 is 0 Å². The second-order valence-corrected chi connectivity index (χ2v) is 12.7. The van der Waals surface area contributed by atoms with Crippen molar-refractivity contribution in [3.8, 4) is 0 Å². The zero-order valence-corrected chi connectivity index (χ0v) is 25.9. The Bertz CT molecular complexity index is 307. The van der Waals surface area contributed by atoms with Crippen molar-refractivity contribution in [2.45, 2.75) is 206 Å². The molecule has 0 aliphatic rings. The van der Waals surface area contributed by atoms with Gasteiger partial charge >= 0.3 is 0 Å². The fourth-order valence-corrected chi connectivity index (χ4v) is 6.27. The van der Waals surface area contributed by atoms with Gasteiger partial charge in [-0.1, -0.05) is 194 Å². The van der Waals surface area contributed by atoms with Gasteiger partial charge in [-0.05, 0) is 24.3 Å². The molecule has 0 atom stereocenters. The highest BCUT2D eigenvalue weighted by Gasteiger charge is 1.97. The number of rotatable bonds is 32. The second-order valence-electron chi connectivity index (χ2n) is 11.5. The van der Waals surface area contributed by atoms with Crippen LogP contribution in [-0.2, 0) is 0 Å². The van der Waals surface area contributed by atoms with Crippen LogP contribution >= 0.6 is 11.8 Å². The van der Waals surface area contributed by atoms with Crippen LogP contribution in [0.15, 0.2) is 0 Å². The molecule has 0 aliphatic heterocycles. The largest absolute Gasteiger partial charge is 0.162 e. The first-order valence-corrected chi connectivity index (χ1v) is 18.1. The van der Waals surface area contributed by atoms with E-state index in [9.17, 15) is 0 Å². The lowest BCUT2D eigenvalue weighted by atomic mass is 10.0. The first-order valence-electron chi connectivity index (χ1n) is 17.0. The predicted molar refractivity (Wildman–Crippen MR) is 167 cm³/mol. The summed E-state index contributed by atoms with van der Waals surface area (Å²) in [5, 5.41) is 0. The normalized spacial score (nSPS) is 11.5. The highest BCUT2D eigenvalue weighted by Crippen LogP contribution is 2.16. The monoisotopic (exact) mass is 511 g/mol. The first kappa shape index (κ1) is 35.4. The van der Waals surface area contributed by atoms with Crippen LogP contribution < -0.4 is 0 Å². The van der Waals surface area contributed by atoms with Crippen LogP contribution in [-0.4, -0.2) is 11.5 Å². The third-order valence-corrected chi connectivity index (χ3v) is 8.94. The van der Waals surface area contributed by atoms with Crippen LogP contribution in [0, 0.1) is 0 Å². The Morgan fingerprint density at radius 2 is 0.400 bits per heavy atom. The Morgan fingerprint density at radius 1 is 0.229 bits per heavy atom. The molecule has 0 radical (unpaired) electrons. The SMILES string of the molecule is CCCCCCCCCCCCCCCCCCCCCCCCSCCCCCCCCCC. The molecule has 0 saturated carbocycles. The standard InChI is InChI=1S/C34H70S/c1-3-5-7-9-11-13-14-15-16-17-18-19-20-21-22-23-24-25-26-28-30-32-34-35-33-31-29-27-12-10-8-6-4-2/h3-34H2,1-2H3. The summed E-state index contributed by atoms with van der Waals surface area (Å²) in [6.45, 7) is 4.61. The predicted octanol–water partition coefficient (Wildman–Crippen LogP) is 13.5. The van der Waals surface area contributed by atoms with Gasteiger partial charge in [0.05, 0.1) is 0 Å². The second kappa shape index (κ2) is 34.4. The molecule has 0 nitrogen and oxygen atoms in total. The lowest BCUT2D eigenvalue weighted by Crippen LogP contribution is -1.87. The molecule has 1 heteroatoms. The molecule has 0 aliphatic carbocycles. The summed E-state index contributed by atoms with van der Waals surface area (Å²) in [5.41, 5.74) is 0. The minimum atomic E-state index is 1.37. The van der Waals surface area contributed by atoms with Gasteiger partial charge in [0, 0.05) is 0 Å². The van der Waals surface area contributed by atoms with Crippen LogP contribution in [0.1, 0.15) is 206 Å². The van der Waals surface area contributed by atoms with Gasteiger partial charge in [-0.2, -0.15) is 11.8 Å². The highest BCUT2D eigenvalue weighted by atomic mass is 32.2. The molecule has 0 fully saturated rings. The Balaban J connectivity index is 3.00. The van der Waals surface area contributed by atoms with Crippen LogP contribution in [0.3, 0.4) is 0 Å². The van der Waals surface area contributed by atoms with E-state index >= 15 is 0 Å². The molecule has 0 amide bonds. The van der Waals surface area contributed by atoms with Crippen molar-refractivity contribution in [3.63, 3.8) is 0 Å². The molecule has 212 valence electrons. The van der Waals surface area contributed by atoms with Crippen LogP contribution in [0.2, 0.25) is 0 Å². The molecule has 0 aromatic carbocycles. The maximum absolute atomic E-state index is 2.31. The Hall–Kier alpha value is 0.350. The smallest absolute Gasteiger partial charge is 0.00675 e. The van der Waals surface area contributed by atoms with Gasteiger partial charge in [-0.15, -0.1) is 0 Å². The maximum atomic E-state index is 2.31. The summed E-state index contributed by atoms with van der Waals surface area (Å²) >= 11 is 2.22.